The number of hydrogen-bond acceptors (Lipinski definition) is 5. The lowest BCUT2D eigenvalue weighted by molar-refractivity contribution is 0.164. The zero-order chi connectivity index (χ0) is 17.9. The molecule has 1 saturated heterocycles. The summed E-state index contributed by atoms with van der Waals surface area (Å²) >= 11 is 6.32. The number of halogens is 1. The minimum atomic E-state index is 0.0911. The summed E-state index contributed by atoms with van der Waals surface area (Å²) in [7, 11) is 0. The summed E-state index contributed by atoms with van der Waals surface area (Å²) in [5.41, 5.74) is 2.07. The number of anilines is 1. The second-order valence-electron chi connectivity index (χ2n) is 6.47. The smallest absolute Gasteiger partial charge is 0.244 e. The highest BCUT2D eigenvalue weighted by atomic mass is 35.5. The topological polar surface area (TPSA) is 45.4 Å². The number of rotatable bonds is 4. The maximum Gasteiger partial charge on any atom is 0.244 e. The lowest BCUT2D eigenvalue weighted by Crippen LogP contribution is -2.47. The molecule has 0 aliphatic carbocycles. The first kappa shape index (κ1) is 17.1. The van der Waals surface area contributed by atoms with Crippen LogP contribution in [0.1, 0.15) is 18.9 Å². The molecule has 3 aromatic rings. The minimum Gasteiger partial charge on any atom is -0.368 e. The van der Waals surface area contributed by atoms with Crippen molar-refractivity contribution in [1.82, 2.24) is 15.0 Å². The van der Waals surface area contributed by atoms with Gasteiger partial charge in [-0.15, -0.1) is 0 Å². The van der Waals surface area contributed by atoms with Gasteiger partial charge in [-0.1, -0.05) is 59.2 Å². The van der Waals surface area contributed by atoms with E-state index >= 15 is 0 Å². The molecule has 0 amide bonds. The van der Waals surface area contributed by atoms with Gasteiger partial charge >= 0.3 is 0 Å². The average molecular weight is 369 g/mol. The van der Waals surface area contributed by atoms with Gasteiger partial charge in [-0.05, 0) is 19.1 Å². The van der Waals surface area contributed by atoms with Crippen molar-refractivity contribution in [2.75, 3.05) is 31.1 Å². The van der Waals surface area contributed by atoms with Crippen LogP contribution in [0.25, 0.3) is 11.4 Å². The predicted molar refractivity (Wildman–Crippen MR) is 103 cm³/mol. The molecule has 1 fully saturated rings. The van der Waals surface area contributed by atoms with E-state index in [0.29, 0.717) is 11.7 Å². The number of piperazine rings is 1. The van der Waals surface area contributed by atoms with Crippen molar-refractivity contribution in [3.05, 3.63) is 65.5 Å². The average Bonchev–Trinajstić information content (AvgIpc) is 3.19. The Labute approximate surface area is 158 Å². The van der Waals surface area contributed by atoms with E-state index in [1.165, 1.54) is 0 Å². The van der Waals surface area contributed by atoms with Gasteiger partial charge in [0.05, 0.1) is 16.8 Å². The monoisotopic (exact) mass is 368 g/mol. The van der Waals surface area contributed by atoms with Crippen LogP contribution in [0.15, 0.2) is 59.1 Å². The van der Waals surface area contributed by atoms with Crippen molar-refractivity contribution in [1.29, 1.82) is 0 Å². The molecular weight excluding hydrogens is 348 g/mol. The van der Waals surface area contributed by atoms with Gasteiger partial charge in [0.25, 0.3) is 0 Å². The highest BCUT2D eigenvalue weighted by Crippen LogP contribution is 2.28. The van der Waals surface area contributed by atoms with Crippen LogP contribution in [-0.2, 0) is 0 Å². The zero-order valence-electron chi connectivity index (χ0n) is 14.7. The van der Waals surface area contributed by atoms with Crippen molar-refractivity contribution in [2.45, 2.75) is 13.0 Å². The molecule has 0 bridgehead atoms. The highest BCUT2D eigenvalue weighted by molar-refractivity contribution is 6.33. The third-order valence-electron chi connectivity index (χ3n) is 4.89. The van der Waals surface area contributed by atoms with Crippen LogP contribution in [-0.4, -0.2) is 41.2 Å². The fourth-order valence-electron chi connectivity index (χ4n) is 3.32. The Hall–Kier alpha value is -2.37. The standard InChI is InChI=1S/C20H21ClN4O/c1-15(20-22-19(23-26-20)16-7-3-2-4-8-16)24-11-13-25(14-12-24)18-10-6-5-9-17(18)21/h2-10,15H,11-14H2,1H3. The SMILES string of the molecule is CC(c1nc(-c2ccccc2)no1)N1CCN(c2ccccc2Cl)CC1. The first-order chi connectivity index (χ1) is 12.7. The second kappa shape index (κ2) is 7.48. The fraction of sp³-hybridized carbons (Fsp3) is 0.300. The first-order valence-electron chi connectivity index (χ1n) is 8.85. The molecule has 0 radical (unpaired) electrons. The molecule has 2 aromatic carbocycles. The summed E-state index contributed by atoms with van der Waals surface area (Å²) in [5.74, 6) is 1.30. The maximum absolute atomic E-state index is 6.32. The van der Waals surface area contributed by atoms with Crippen molar-refractivity contribution in [3.8, 4) is 11.4 Å². The summed E-state index contributed by atoms with van der Waals surface area (Å²) in [6.07, 6.45) is 0. The lowest BCUT2D eigenvalue weighted by atomic mass is 10.2. The van der Waals surface area contributed by atoms with E-state index in [1.54, 1.807) is 0 Å². The Bertz CT molecular complexity index is 859. The Kier molecular flexibility index (Phi) is 4.91. The van der Waals surface area contributed by atoms with Crippen molar-refractivity contribution < 1.29 is 4.52 Å². The van der Waals surface area contributed by atoms with Gasteiger partial charge in [-0.25, -0.2) is 0 Å². The Morgan fingerprint density at radius 2 is 1.65 bits per heavy atom. The van der Waals surface area contributed by atoms with Gasteiger partial charge in [-0.3, -0.25) is 4.90 Å². The van der Waals surface area contributed by atoms with Crippen molar-refractivity contribution >= 4 is 17.3 Å². The van der Waals surface area contributed by atoms with Crippen LogP contribution in [0.2, 0.25) is 5.02 Å². The van der Waals surface area contributed by atoms with Crippen LogP contribution in [0.4, 0.5) is 5.69 Å². The van der Waals surface area contributed by atoms with Gasteiger partial charge in [0.2, 0.25) is 11.7 Å². The van der Waals surface area contributed by atoms with Crippen molar-refractivity contribution in [3.63, 3.8) is 0 Å². The molecule has 4 rings (SSSR count). The Morgan fingerprint density at radius 1 is 0.962 bits per heavy atom. The normalized spacial score (nSPS) is 16.6. The third-order valence-corrected chi connectivity index (χ3v) is 5.21. The van der Waals surface area contributed by atoms with E-state index in [2.05, 4.69) is 32.9 Å². The number of hydrogen-bond donors (Lipinski definition) is 0. The molecule has 5 nitrogen and oxygen atoms in total. The largest absolute Gasteiger partial charge is 0.368 e. The molecule has 1 aliphatic rings. The van der Waals surface area contributed by atoms with Crippen molar-refractivity contribution in [2.24, 2.45) is 0 Å². The second-order valence-corrected chi connectivity index (χ2v) is 6.88. The number of para-hydroxylation sites is 1. The van der Waals surface area contributed by atoms with Gasteiger partial charge in [0.15, 0.2) is 0 Å². The summed E-state index contributed by atoms with van der Waals surface area (Å²) in [5, 5.41) is 4.94. The number of benzene rings is 2. The number of aromatic nitrogens is 2. The molecule has 1 atom stereocenters. The molecule has 2 heterocycles. The molecule has 1 aromatic heterocycles. The van der Waals surface area contributed by atoms with Crippen LogP contribution >= 0.6 is 11.6 Å². The van der Waals surface area contributed by atoms with E-state index in [1.807, 2.05) is 48.5 Å². The zero-order valence-corrected chi connectivity index (χ0v) is 15.4. The molecule has 0 saturated carbocycles. The van der Waals surface area contributed by atoms with Gasteiger partial charge < -0.3 is 9.42 Å². The van der Waals surface area contributed by atoms with E-state index in [9.17, 15) is 0 Å². The number of nitrogens with zero attached hydrogens (tertiary/aromatic N) is 4. The minimum absolute atomic E-state index is 0.0911. The van der Waals surface area contributed by atoms with Gasteiger partial charge in [-0.2, -0.15) is 4.98 Å². The predicted octanol–water partition coefficient (Wildman–Crippen LogP) is 4.27. The fourth-order valence-corrected chi connectivity index (χ4v) is 3.58. The van der Waals surface area contributed by atoms with E-state index in [0.717, 1.165) is 42.5 Å². The van der Waals surface area contributed by atoms with E-state index in [-0.39, 0.29) is 6.04 Å². The van der Waals surface area contributed by atoms with Crippen LogP contribution in [0.3, 0.4) is 0 Å². The molecule has 134 valence electrons. The summed E-state index contributed by atoms with van der Waals surface area (Å²) in [4.78, 5) is 9.29. The molecule has 0 N–H and O–H groups in total. The first-order valence-corrected chi connectivity index (χ1v) is 9.23. The van der Waals surface area contributed by atoms with Crippen LogP contribution in [0, 0.1) is 0 Å². The summed E-state index contributed by atoms with van der Waals surface area (Å²) in [6, 6.07) is 18.0. The van der Waals surface area contributed by atoms with E-state index in [4.69, 9.17) is 16.1 Å². The Morgan fingerprint density at radius 3 is 2.38 bits per heavy atom. The maximum atomic E-state index is 6.32. The van der Waals surface area contributed by atoms with Crippen LogP contribution in [0.5, 0.6) is 0 Å². The highest BCUT2D eigenvalue weighted by Gasteiger charge is 2.26. The molecular formula is C20H21ClN4O. The third kappa shape index (κ3) is 3.45. The summed E-state index contributed by atoms with van der Waals surface area (Å²) in [6.45, 7) is 5.82. The molecule has 1 unspecified atom stereocenters. The molecule has 1 aliphatic heterocycles. The van der Waals surface area contributed by atoms with Gasteiger partial charge in [0, 0.05) is 31.7 Å². The molecule has 0 spiro atoms. The Balaban J connectivity index is 1.42. The van der Waals surface area contributed by atoms with Crippen LogP contribution < -0.4 is 4.90 Å². The molecule has 26 heavy (non-hydrogen) atoms. The quantitative estimate of drug-likeness (QED) is 0.688. The van der Waals surface area contributed by atoms with E-state index < -0.39 is 0 Å². The molecule has 6 heteroatoms. The summed E-state index contributed by atoms with van der Waals surface area (Å²) < 4.78 is 5.53. The lowest BCUT2D eigenvalue weighted by Gasteiger charge is -2.38. The van der Waals surface area contributed by atoms with Gasteiger partial charge in [0.1, 0.15) is 0 Å².